The first-order valence-corrected chi connectivity index (χ1v) is 16.7. The summed E-state index contributed by atoms with van der Waals surface area (Å²) in [4.78, 5) is 76.2. The lowest BCUT2D eigenvalue weighted by Gasteiger charge is -2.22. The second-order valence-electron chi connectivity index (χ2n) is 10.9. The first-order valence-electron chi connectivity index (χ1n) is 15.3. The van der Waals surface area contributed by atoms with E-state index in [0.717, 1.165) is 30.2 Å². The number of rotatable bonds is 17. The van der Waals surface area contributed by atoms with E-state index >= 15 is 0 Å². The maximum absolute atomic E-state index is 13.3. The second-order valence-corrected chi connectivity index (χ2v) is 12.6. The van der Waals surface area contributed by atoms with Crippen molar-refractivity contribution in [3.63, 3.8) is 0 Å². The minimum Gasteiger partial charge on any atom is -0.468 e. The van der Waals surface area contributed by atoms with Crippen molar-refractivity contribution in [3.8, 4) is 11.1 Å². The number of nitro benzene ring substituents is 1. The molecular formula is C33H34N8O10S. The number of hydrogen-bond acceptors (Lipinski definition) is 11. The van der Waals surface area contributed by atoms with Gasteiger partial charge in [-0.3, -0.25) is 34.1 Å². The van der Waals surface area contributed by atoms with Crippen molar-refractivity contribution < 1.29 is 42.1 Å². The number of nitro groups is 1. The van der Waals surface area contributed by atoms with Crippen LogP contribution in [0, 0.1) is 10.1 Å². The van der Waals surface area contributed by atoms with Crippen molar-refractivity contribution in [3.05, 3.63) is 110 Å². The summed E-state index contributed by atoms with van der Waals surface area (Å²) in [7, 11) is -1.81. The molecule has 3 aromatic carbocycles. The molecule has 0 bridgehead atoms. The van der Waals surface area contributed by atoms with Crippen LogP contribution in [0.5, 0.6) is 0 Å². The Hall–Kier alpha value is -6.43. The van der Waals surface area contributed by atoms with Gasteiger partial charge in [0.15, 0.2) is 10.7 Å². The van der Waals surface area contributed by atoms with E-state index in [-0.39, 0.29) is 24.4 Å². The number of Topliss-reactive ketones (excluding diaryl/α,β-unsaturated/α-hetero) is 1. The van der Waals surface area contributed by atoms with E-state index in [9.17, 15) is 42.5 Å². The molecule has 3 aromatic rings. The number of methoxy groups -OCH3 is 1. The number of likely N-dealkylation sites (N-methyl/N-ethyl adjacent to an activating group) is 1. The Labute approximate surface area is 297 Å². The van der Waals surface area contributed by atoms with E-state index in [4.69, 9.17) is 5.53 Å². The molecule has 0 heterocycles. The summed E-state index contributed by atoms with van der Waals surface area (Å²) in [5, 5.41) is 19.7. The van der Waals surface area contributed by atoms with Crippen LogP contribution in [-0.2, 0) is 29.1 Å². The van der Waals surface area contributed by atoms with Gasteiger partial charge in [0.1, 0.15) is 12.6 Å². The van der Waals surface area contributed by atoms with E-state index in [1.54, 1.807) is 24.3 Å². The van der Waals surface area contributed by atoms with Crippen molar-refractivity contribution in [1.82, 2.24) is 20.3 Å². The van der Waals surface area contributed by atoms with Crippen molar-refractivity contribution in [2.75, 3.05) is 40.3 Å². The van der Waals surface area contributed by atoms with Gasteiger partial charge in [0.2, 0.25) is 21.8 Å². The lowest BCUT2D eigenvalue weighted by molar-refractivity contribution is -0.387. The maximum Gasteiger partial charge on any atom is 0.325 e. The zero-order chi connectivity index (χ0) is 38.4. The summed E-state index contributed by atoms with van der Waals surface area (Å²) >= 11 is 0. The number of hydrogen-bond donors (Lipinski definition) is 3. The molecule has 0 unspecified atom stereocenters. The molecule has 0 aliphatic carbocycles. The van der Waals surface area contributed by atoms with Crippen LogP contribution in [0.2, 0.25) is 0 Å². The van der Waals surface area contributed by atoms with Gasteiger partial charge in [0.25, 0.3) is 11.6 Å². The molecule has 19 heteroatoms. The van der Waals surface area contributed by atoms with Gasteiger partial charge in [-0.25, -0.2) is 13.1 Å². The summed E-state index contributed by atoms with van der Waals surface area (Å²) in [5.41, 5.74) is 9.87. The number of nitrogens with zero attached hydrogens (tertiary/aromatic N) is 5. The molecule has 0 aromatic heterocycles. The molecule has 0 aliphatic heterocycles. The Morgan fingerprint density at radius 1 is 1.06 bits per heavy atom. The quantitative estimate of drug-likeness (QED) is 0.0210. The molecule has 0 fully saturated rings. The highest BCUT2D eigenvalue weighted by Crippen LogP contribution is 2.27. The number of ketones is 1. The third-order valence-corrected chi connectivity index (χ3v) is 8.77. The van der Waals surface area contributed by atoms with Crippen LogP contribution in [0.15, 0.2) is 82.8 Å². The average Bonchev–Trinajstić information content (AvgIpc) is 3.13. The lowest BCUT2D eigenvalue weighted by Crippen LogP contribution is -2.49. The molecule has 0 saturated carbocycles. The van der Waals surface area contributed by atoms with Crippen LogP contribution < -0.4 is 15.4 Å². The Kier molecular flexibility index (Phi) is 14.3. The highest BCUT2D eigenvalue weighted by molar-refractivity contribution is 7.89. The summed E-state index contributed by atoms with van der Waals surface area (Å²) in [6.45, 7) is 0.0548. The molecule has 0 radical (unpaired) electrons. The predicted octanol–water partition coefficient (Wildman–Crippen LogP) is 2.61. The predicted molar refractivity (Wildman–Crippen MR) is 187 cm³/mol. The third kappa shape index (κ3) is 11.0. The topological polar surface area (TPSA) is 260 Å². The van der Waals surface area contributed by atoms with Crippen molar-refractivity contribution >= 4 is 51.3 Å². The number of carbonyl (C=O) groups excluding carboxylic acids is 5. The van der Waals surface area contributed by atoms with Gasteiger partial charge >= 0.3 is 5.97 Å². The molecule has 3 amide bonds. The molecule has 0 spiro atoms. The monoisotopic (exact) mass is 734 g/mol. The van der Waals surface area contributed by atoms with Crippen LogP contribution in [0.1, 0.15) is 33.2 Å². The van der Waals surface area contributed by atoms with Crippen LogP contribution in [-0.4, -0.2) is 94.1 Å². The fourth-order valence-corrected chi connectivity index (χ4v) is 5.88. The number of esters is 1. The van der Waals surface area contributed by atoms with Gasteiger partial charge in [-0.2, -0.15) is 0 Å². The molecule has 3 rings (SSSR count). The molecular weight excluding hydrogens is 700 g/mol. The molecule has 0 aliphatic rings. The van der Waals surface area contributed by atoms with Gasteiger partial charge in [-0.1, -0.05) is 41.5 Å². The largest absolute Gasteiger partial charge is 0.468 e. The summed E-state index contributed by atoms with van der Waals surface area (Å²) in [5.74, 6) is -2.99. The van der Waals surface area contributed by atoms with E-state index < -0.39 is 68.4 Å². The van der Waals surface area contributed by atoms with Crippen LogP contribution in [0.3, 0.4) is 0 Å². The number of para-hydroxylation sites is 1. The number of ether oxygens (including phenoxy) is 1. The summed E-state index contributed by atoms with van der Waals surface area (Å²) in [6.07, 6.45) is 2.55. The van der Waals surface area contributed by atoms with Crippen LogP contribution >= 0.6 is 0 Å². The number of sulfonamides is 1. The van der Waals surface area contributed by atoms with Crippen molar-refractivity contribution in [2.24, 2.45) is 5.11 Å². The SMILES string of the molecule is COC(=O)CN(C)C(=O)[C@H](CN=[N+]=[N-])NC(=O)/C=C/c1cccc(-c2cc(C(C)=O)ccc2C(=O)NCCNS(=O)(=O)c2ccccc2[N+](=O)[O-])c1. The number of carbonyl (C=O) groups is 5. The minimum absolute atomic E-state index is 0.140. The van der Waals surface area contributed by atoms with Gasteiger partial charge < -0.3 is 20.3 Å². The second kappa shape index (κ2) is 18.5. The first-order chi connectivity index (χ1) is 24.7. The third-order valence-electron chi connectivity index (χ3n) is 7.26. The summed E-state index contributed by atoms with van der Waals surface area (Å²) < 4.78 is 32.2. The Bertz CT molecular complexity index is 2060. The number of benzene rings is 3. The molecule has 272 valence electrons. The van der Waals surface area contributed by atoms with E-state index in [2.05, 4.69) is 30.1 Å². The first kappa shape index (κ1) is 40.0. The average molecular weight is 735 g/mol. The zero-order valence-corrected chi connectivity index (χ0v) is 29.0. The van der Waals surface area contributed by atoms with E-state index in [0.29, 0.717) is 22.3 Å². The zero-order valence-electron chi connectivity index (χ0n) is 28.1. The molecule has 1 atom stereocenters. The number of azide groups is 1. The Morgan fingerprint density at radius 3 is 2.46 bits per heavy atom. The number of amides is 3. The van der Waals surface area contributed by atoms with Crippen molar-refractivity contribution in [2.45, 2.75) is 17.9 Å². The van der Waals surface area contributed by atoms with Gasteiger partial charge in [-0.15, -0.1) is 0 Å². The lowest BCUT2D eigenvalue weighted by atomic mass is 9.94. The molecule has 52 heavy (non-hydrogen) atoms. The highest BCUT2D eigenvalue weighted by Gasteiger charge is 2.26. The van der Waals surface area contributed by atoms with Gasteiger partial charge in [0.05, 0.1) is 18.6 Å². The van der Waals surface area contributed by atoms with Crippen molar-refractivity contribution in [1.29, 1.82) is 0 Å². The van der Waals surface area contributed by atoms with Crippen LogP contribution in [0.25, 0.3) is 27.6 Å². The highest BCUT2D eigenvalue weighted by atomic mass is 32.2. The van der Waals surface area contributed by atoms with Gasteiger partial charge in [0, 0.05) is 48.3 Å². The smallest absolute Gasteiger partial charge is 0.325 e. The van der Waals surface area contributed by atoms with E-state index in [1.165, 1.54) is 50.4 Å². The Morgan fingerprint density at radius 2 is 1.79 bits per heavy atom. The fraction of sp³-hybridized carbons (Fsp3) is 0.242. The van der Waals surface area contributed by atoms with Gasteiger partial charge in [-0.05, 0) is 59.5 Å². The fourth-order valence-electron chi connectivity index (χ4n) is 4.68. The van der Waals surface area contributed by atoms with E-state index in [1.807, 2.05) is 0 Å². The number of nitrogens with one attached hydrogen (secondary N) is 3. The normalized spacial score (nSPS) is 11.5. The maximum atomic E-state index is 13.3. The summed E-state index contributed by atoms with van der Waals surface area (Å²) in [6, 6.07) is 14.6. The molecule has 0 saturated heterocycles. The molecule has 3 N–H and O–H groups in total. The standard InChI is InChI=1S/C33H34N8O10S/c1-21(42)23-12-13-25(32(45)35-15-16-37-52(49,50)29-10-5-4-9-28(29)41(47)48)26(18-23)24-8-6-7-22(17-24)11-14-30(43)38-27(19-36-39-34)33(46)40(2)20-31(44)51-3/h4-14,17-18,27,37H,15-16,19-20H2,1-3H3,(H,35,45)(H,38,43)/b14-11+/t27-/m0/s1. The Balaban J connectivity index is 1.78. The molecule has 18 nitrogen and oxygen atoms in total. The van der Waals surface area contributed by atoms with Crippen LogP contribution in [0.4, 0.5) is 5.69 Å². The minimum atomic E-state index is -4.28.